The van der Waals surface area contributed by atoms with E-state index < -0.39 is 50.2 Å². The normalized spacial score (nSPS) is 13.5. The number of hydrogen-bond acceptors (Lipinski definition) is 5. The van der Waals surface area contributed by atoms with Crippen LogP contribution in [0.5, 0.6) is 0 Å². The van der Waals surface area contributed by atoms with Crippen LogP contribution in [0.4, 0.5) is 23.2 Å². The summed E-state index contributed by atoms with van der Waals surface area (Å²) in [4.78, 5) is 11.9. The van der Waals surface area contributed by atoms with Gasteiger partial charge in [-0.3, -0.25) is 4.79 Å². The molecule has 1 amide bonds. The Morgan fingerprint density at radius 2 is 1.77 bits per heavy atom. The molecule has 0 aliphatic heterocycles. The van der Waals surface area contributed by atoms with Gasteiger partial charge in [0, 0.05) is 5.69 Å². The fraction of sp³-hybridized carbons (Fsp3) is 0.222. The number of benzene rings is 2. The Morgan fingerprint density at radius 1 is 1.20 bits per heavy atom. The van der Waals surface area contributed by atoms with Crippen LogP contribution in [-0.2, 0) is 20.8 Å². The highest BCUT2D eigenvalue weighted by molar-refractivity contribution is 7.91. The number of amides is 1. The van der Waals surface area contributed by atoms with Gasteiger partial charge in [0.15, 0.2) is 15.4 Å². The van der Waals surface area contributed by atoms with Crippen LogP contribution in [0.3, 0.4) is 0 Å². The quantitative estimate of drug-likeness (QED) is 0.476. The predicted octanol–water partition coefficient (Wildman–Crippen LogP) is -0.00392. The van der Waals surface area contributed by atoms with Gasteiger partial charge >= 0.3 is 7.60 Å². The SMILES string of the molecule is C[C@](O)(CS(=O)(=O)c1ccc(F)cc1)C(=O)Nc1ccc(C#N)c(C(F)(F)F)c1.[Cl-].[H+]. The third kappa shape index (κ3) is 5.91. The van der Waals surface area contributed by atoms with Crippen LogP contribution in [0.1, 0.15) is 19.5 Å². The standard InChI is InChI=1S/C18H14F4N2O4S.ClH/c1-17(26,10-29(27,28)14-6-3-12(19)4-7-14)16(25)24-13-5-2-11(9-23)15(8-13)18(20,21)22;/h2-8,26H,10H2,1H3,(H,24,25);1H/t17-;/m0./s1. The summed E-state index contributed by atoms with van der Waals surface area (Å²) in [7, 11) is -4.21. The number of nitrogens with one attached hydrogen (secondary N) is 1. The van der Waals surface area contributed by atoms with Crippen molar-refractivity contribution in [2.75, 3.05) is 11.1 Å². The summed E-state index contributed by atoms with van der Waals surface area (Å²) in [6.45, 7) is 0.873. The third-order valence-corrected chi connectivity index (χ3v) is 5.77. The summed E-state index contributed by atoms with van der Waals surface area (Å²) in [5.41, 5.74) is -4.86. The predicted molar refractivity (Wildman–Crippen MR) is 95.0 cm³/mol. The maximum Gasteiger partial charge on any atom is 1.00 e. The van der Waals surface area contributed by atoms with Crippen molar-refractivity contribution in [2.45, 2.75) is 23.6 Å². The van der Waals surface area contributed by atoms with Crippen LogP contribution >= 0.6 is 0 Å². The second-order valence-electron chi connectivity index (χ2n) is 6.31. The van der Waals surface area contributed by atoms with Crippen LogP contribution in [-0.4, -0.2) is 30.8 Å². The summed E-state index contributed by atoms with van der Waals surface area (Å²) in [6, 6.07) is 7.40. The number of nitriles is 1. The number of nitrogens with zero attached hydrogens (tertiary/aromatic N) is 1. The second kappa shape index (κ2) is 8.99. The van der Waals surface area contributed by atoms with Crippen molar-refractivity contribution in [2.24, 2.45) is 0 Å². The maximum atomic E-state index is 13.0. The number of alkyl halides is 3. The fourth-order valence-electron chi connectivity index (χ4n) is 2.38. The van der Waals surface area contributed by atoms with Gasteiger partial charge in [-0.2, -0.15) is 18.4 Å². The number of anilines is 1. The molecule has 0 saturated heterocycles. The molecule has 0 aliphatic rings. The van der Waals surface area contributed by atoms with Crippen LogP contribution in [0, 0.1) is 17.1 Å². The van der Waals surface area contributed by atoms with Gasteiger partial charge in [-0.05, 0) is 49.4 Å². The molecule has 0 aliphatic carbocycles. The summed E-state index contributed by atoms with van der Waals surface area (Å²) >= 11 is 0. The zero-order valence-electron chi connectivity index (χ0n) is 16.2. The first kappa shape index (κ1) is 25.4. The van der Waals surface area contributed by atoms with E-state index in [1.54, 1.807) is 0 Å². The molecule has 1 atom stereocenters. The number of aliphatic hydroxyl groups is 1. The molecule has 0 spiro atoms. The van der Waals surface area contributed by atoms with Gasteiger partial charge in [0.2, 0.25) is 0 Å². The number of hydrogen-bond donors (Lipinski definition) is 2. The third-order valence-electron chi connectivity index (χ3n) is 3.84. The van der Waals surface area contributed by atoms with E-state index in [9.17, 15) is 35.9 Å². The van der Waals surface area contributed by atoms with Crippen molar-refractivity contribution in [1.82, 2.24) is 0 Å². The number of carbonyl (C=O) groups is 1. The zero-order chi connectivity index (χ0) is 22.0. The van der Waals surface area contributed by atoms with E-state index in [1.165, 1.54) is 6.07 Å². The summed E-state index contributed by atoms with van der Waals surface area (Å²) in [6.07, 6.45) is -4.86. The van der Waals surface area contributed by atoms with Gasteiger partial charge in [0.05, 0.1) is 27.8 Å². The Morgan fingerprint density at radius 3 is 2.27 bits per heavy atom. The summed E-state index contributed by atoms with van der Waals surface area (Å²) in [5, 5.41) is 21.1. The van der Waals surface area contributed by atoms with Gasteiger partial charge < -0.3 is 22.8 Å². The minimum atomic E-state index is -4.86. The topological polar surface area (TPSA) is 107 Å². The Bertz CT molecular complexity index is 1090. The fourth-order valence-corrected chi connectivity index (χ4v) is 3.97. The largest absolute Gasteiger partial charge is 1.00 e. The Kier molecular flexibility index (Phi) is 7.60. The Hall–Kier alpha value is -2.68. The average Bonchev–Trinajstić information content (AvgIpc) is 2.60. The molecule has 0 bridgehead atoms. The van der Waals surface area contributed by atoms with Crippen molar-refractivity contribution < 1.29 is 49.7 Å². The molecule has 0 saturated carbocycles. The number of halogens is 5. The maximum absolute atomic E-state index is 13.0. The van der Waals surface area contributed by atoms with E-state index in [4.69, 9.17) is 5.26 Å². The van der Waals surface area contributed by atoms with E-state index in [1.807, 2.05) is 5.32 Å². The van der Waals surface area contributed by atoms with Gasteiger partial charge in [0.25, 0.3) is 5.91 Å². The van der Waals surface area contributed by atoms with E-state index in [2.05, 4.69) is 0 Å². The second-order valence-corrected chi connectivity index (χ2v) is 8.30. The number of carbonyl (C=O) groups excluding carboxylic acids is 1. The minimum Gasteiger partial charge on any atom is -1.00 e. The highest BCUT2D eigenvalue weighted by Gasteiger charge is 2.38. The van der Waals surface area contributed by atoms with Crippen molar-refractivity contribution in [3.8, 4) is 6.07 Å². The Balaban J connectivity index is 0.00000450. The van der Waals surface area contributed by atoms with Gasteiger partial charge in [0.1, 0.15) is 5.82 Å². The highest BCUT2D eigenvalue weighted by atomic mass is 35.5. The van der Waals surface area contributed by atoms with Crippen LogP contribution in [0.2, 0.25) is 0 Å². The van der Waals surface area contributed by atoms with Gasteiger partial charge in [-0.15, -0.1) is 0 Å². The molecule has 6 nitrogen and oxygen atoms in total. The molecule has 2 rings (SSSR count). The molecule has 0 heterocycles. The summed E-state index contributed by atoms with van der Waals surface area (Å²) < 4.78 is 76.6. The van der Waals surface area contributed by atoms with Crippen LogP contribution in [0.25, 0.3) is 0 Å². The average molecular weight is 467 g/mol. The van der Waals surface area contributed by atoms with Crippen molar-refractivity contribution >= 4 is 21.4 Å². The first-order valence-electron chi connectivity index (χ1n) is 7.90. The van der Waals surface area contributed by atoms with E-state index >= 15 is 0 Å². The van der Waals surface area contributed by atoms with E-state index in [0.29, 0.717) is 6.07 Å². The lowest BCUT2D eigenvalue weighted by molar-refractivity contribution is -0.137. The Labute approximate surface area is 177 Å². The van der Waals surface area contributed by atoms with E-state index in [-0.39, 0.29) is 24.4 Å². The van der Waals surface area contributed by atoms with Gasteiger partial charge in [-0.1, -0.05) is 0 Å². The first-order chi connectivity index (χ1) is 13.3. The molecule has 2 aromatic carbocycles. The van der Waals surface area contributed by atoms with Crippen molar-refractivity contribution in [3.63, 3.8) is 0 Å². The van der Waals surface area contributed by atoms with Crippen molar-refractivity contribution in [3.05, 3.63) is 59.4 Å². The molecule has 0 unspecified atom stereocenters. The molecule has 0 aromatic heterocycles. The highest BCUT2D eigenvalue weighted by Crippen LogP contribution is 2.33. The zero-order valence-corrected chi connectivity index (χ0v) is 16.7. The molecule has 0 radical (unpaired) electrons. The molecular formula is C18H15ClF4N2O4S. The molecule has 30 heavy (non-hydrogen) atoms. The number of sulfone groups is 1. The lowest BCUT2D eigenvalue weighted by Gasteiger charge is -2.22. The number of rotatable bonds is 5. The van der Waals surface area contributed by atoms with Crippen LogP contribution < -0.4 is 17.7 Å². The molecule has 12 heteroatoms. The summed E-state index contributed by atoms with van der Waals surface area (Å²) in [5.74, 6) is -3.06. The van der Waals surface area contributed by atoms with Gasteiger partial charge in [-0.25, -0.2) is 12.8 Å². The molecular weight excluding hydrogens is 452 g/mol. The molecule has 2 aromatic rings. The molecule has 2 N–H and O–H groups in total. The smallest absolute Gasteiger partial charge is 1.00 e. The minimum absolute atomic E-state index is 0. The molecule has 162 valence electrons. The van der Waals surface area contributed by atoms with Crippen LogP contribution in [0.15, 0.2) is 47.4 Å². The lowest BCUT2D eigenvalue weighted by atomic mass is 10.1. The van der Waals surface area contributed by atoms with Crippen molar-refractivity contribution in [1.29, 1.82) is 5.26 Å². The van der Waals surface area contributed by atoms with E-state index in [0.717, 1.165) is 43.3 Å². The molecule has 0 fully saturated rings. The lowest BCUT2D eigenvalue weighted by Crippen LogP contribution is -3.00. The first-order valence-corrected chi connectivity index (χ1v) is 9.55. The monoisotopic (exact) mass is 466 g/mol.